The van der Waals surface area contributed by atoms with Crippen LogP contribution in [0.15, 0.2) is 30.6 Å². The van der Waals surface area contributed by atoms with Gasteiger partial charge < -0.3 is 9.88 Å². The van der Waals surface area contributed by atoms with Gasteiger partial charge in [0.15, 0.2) is 5.82 Å². The van der Waals surface area contributed by atoms with Crippen LogP contribution in [0.4, 0.5) is 5.69 Å². The van der Waals surface area contributed by atoms with Gasteiger partial charge in [0.25, 0.3) is 0 Å². The Kier molecular flexibility index (Phi) is 3.24. The summed E-state index contributed by atoms with van der Waals surface area (Å²) in [7, 11) is 1.98. The van der Waals surface area contributed by atoms with Crippen LogP contribution in [-0.2, 0) is 7.05 Å². The highest BCUT2D eigenvalue weighted by Crippen LogP contribution is 2.40. The Balaban J connectivity index is 1.93. The van der Waals surface area contributed by atoms with Crippen molar-refractivity contribution in [1.29, 1.82) is 0 Å². The Morgan fingerprint density at radius 2 is 2.10 bits per heavy atom. The van der Waals surface area contributed by atoms with E-state index in [1.54, 1.807) is 6.33 Å². The van der Waals surface area contributed by atoms with Gasteiger partial charge in [-0.15, -0.1) is 10.2 Å². The van der Waals surface area contributed by atoms with Gasteiger partial charge in [-0.1, -0.05) is 32.4 Å². The molecule has 1 unspecified atom stereocenters. The summed E-state index contributed by atoms with van der Waals surface area (Å²) >= 11 is 0. The number of rotatable bonds is 3. The Bertz CT molecular complexity index is 600. The third-order valence-electron chi connectivity index (χ3n) is 4.47. The molecule has 1 aliphatic carbocycles. The maximum atomic E-state index is 4.23. The van der Waals surface area contributed by atoms with Crippen molar-refractivity contribution in [2.45, 2.75) is 39.2 Å². The number of nitrogens with zero attached hydrogens (tertiary/aromatic N) is 3. The second-order valence-corrected chi connectivity index (χ2v) is 6.39. The Morgan fingerprint density at radius 1 is 1.30 bits per heavy atom. The predicted octanol–water partition coefficient (Wildman–Crippen LogP) is 3.47. The molecular weight excluding hydrogens is 248 g/mol. The molecule has 0 amide bonds. The molecule has 2 aromatic rings. The lowest BCUT2D eigenvalue weighted by Crippen LogP contribution is -2.31. The van der Waals surface area contributed by atoms with E-state index in [0.29, 0.717) is 11.5 Å². The fraction of sp³-hybridized carbons (Fsp3) is 0.500. The van der Waals surface area contributed by atoms with Crippen LogP contribution in [0.2, 0.25) is 0 Å². The molecule has 1 atom stereocenters. The second kappa shape index (κ2) is 4.93. The van der Waals surface area contributed by atoms with E-state index in [1.807, 2.05) is 11.6 Å². The van der Waals surface area contributed by atoms with Crippen LogP contribution < -0.4 is 5.32 Å². The largest absolute Gasteiger partial charge is 0.381 e. The van der Waals surface area contributed by atoms with Crippen molar-refractivity contribution in [2.24, 2.45) is 12.5 Å². The number of hydrogen-bond donors (Lipinski definition) is 1. The molecule has 1 aromatic carbocycles. The highest BCUT2D eigenvalue weighted by Gasteiger charge is 2.34. The minimum absolute atomic E-state index is 0.354. The summed E-state index contributed by atoms with van der Waals surface area (Å²) in [5, 5.41) is 11.9. The van der Waals surface area contributed by atoms with Crippen molar-refractivity contribution >= 4 is 5.69 Å². The molecule has 0 bridgehead atoms. The van der Waals surface area contributed by atoms with Crippen molar-refractivity contribution in [3.8, 4) is 11.4 Å². The van der Waals surface area contributed by atoms with Gasteiger partial charge in [-0.05, 0) is 30.4 Å². The minimum Gasteiger partial charge on any atom is -0.381 e. The van der Waals surface area contributed by atoms with E-state index in [9.17, 15) is 0 Å². The summed E-state index contributed by atoms with van der Waals surface area (Å²) in [6.07, 6.45) is 5.57. The lowest BCUT2D eigenvalue weighted by Gasteiger charge is -2.29. The second-order valence-electron chi connectivity index (χ2n) is 6.39. The zero-order valence-corrected chi connectivity index (χ0v) is 12.4. The SMILES string of the molecule is Cn1cnnc1-c1ccccc1NC1CCCC1(C)C. The fourth-order valence-electron chi connectivity index (χ4n) is 3.11. The molecule has 4 heteroatoms. The van der Waals surface area contributed by atoms with Crippen LogP contribution >= 0.6 is 0 Å². The first kappa shape index (κ1) is 13.2. The van der Waals surface area contributed by atoms with Crippen LogP contribution in [0.1, 0.15) is 33.1 Å². The predicted molar refractivity (Wildman–Crippen MR) is 81.5 cm³/mol. The molecule has 0 spiro atoms. The molecule has 4 nitrogen and oxygen atoms in total. The maximum absolute atomic E-state index is 4.23. The van der Waals surface area contributed by atoms with Crippen molar-refractivity contribution in [1.82, 2.24) is 14.8 Å². The molecule has 0 saturated heterocycles. The van der Waals surface area contributed by atoms with Gasteiger partial charge in [-0.25, -0.2) is 0 Å². The third-order valence-corrected chi connectivity index (χ3v) is 4.47. The normalized spacial score (nSPS) is 21.1. The molecule has 1 N–H and O–H groups in total. The van der Waals surface area contributed by atoms with E-state index < -0.39 is 0 Å². The van der Waals surface area contributed by atoms with Crippen LogP contribution in [-0.4, -0.2) is 20.8 Å². The average Bonchev–Trinajstić information content (AvgIpc) is 2.97. The highest BCUT2D eigenvalue weighted by molar-refractivity contribution is 5.73. The number of hydrogen-bond acceptors (Lipinski definition) is 3. The van der Waals surface area contributed by atoms with E-state index in [-0.39, 0.29) is 0 Å². The van der Waals surface area contributed by atoms with Gasteiger partial charge in [0.1, 0.15) is 6.33 Å². The number of aryl methyl sites for hydroxylation is 1. The van der Waals surface area contributed by atoms with Crippen molar-refractivity contribution in [2.75, 3.05) is 5.32 Å². The molecule has 0 aliphatic heterocycles. The zero-order chi connectivity index (χ0) is 14.2. The summed E-state index contributed by atoms with van der Waals surface area (Å²) in [5.41, 5.74) is 2.63. The first-order valence-corrected chi connectivity index (χ1v) is 7.28. The Hall–Kier alpha value is -1.84. The molecule has 1 saturated carbocycles. The van der Waals surface area contributed by atoms with Gasteiger partial charge in [0.2, 0.25) is 0 Å². The van der Waals surface area contributed by atoms with Crippen LogP contribution in [0.5, 0.6) is 0 Å². The molecule has 1 heterocycles. The number of para-hydroxylation sites is 1. The highest BCUT2D eigenvalue weighted by atomic mass is 15.2. The first-order chi connectivity index (χ1) is 9.58. The first-order valence-electron chi connectivity index (χ1n) is 7.28. The summed E-state index contributed by atoms with van der Waals surface area (Å²) in [5.74, 6) is 0.906. The topological polar surface area (TPSA) is 42.7 Å². The monoisotopic (exact) mass is 270 g/mol. The Labute approximate surface area is 120 Å². The molecular formula is C16H22N4. The van der Waals surface area contributed by atoms with Crippen molar-refractivity contribution < 1.29 is 0 Å². The lowest BCUT2D eigenvalue weighted by atomic mass is 9.87. The molecule has 0 radical (unpaired) electrons. The average molecular weight is 270 g/mol. The zero-order valence-electron chi connectivity index (χ0n) is 12.4. The van der Waals surface area contributed by atoms with Gasteiger partial charge in [-0.2, -0.15) is 0 Å². The lowest BCUT2D eigenvalue weighted by molar-refractivity contribution is 0.350. The molecule has 1 aromatic heterocycles. The fourth-order valence-corrected chi connectivity index (χ4v) is 3.11. The number of aromatic nitrogens is 3. The molecule has 1 fully saturated rings. The quantitative estimate of drug-likeness (QED) is 0.928. The smallest absolute Gasteiger partial charge is 0.165 e. The summed E-state index contributed by atoms with van der Waals surface area (Å²) < 4.78 is 1.96. The molecule has 106 valence electrons. The summed E-state index contributed by atoms with van der Waals surface area (Å²) in [4.78, 5) is 0. The standard InChI is InChI=1S/C16H22N4/c1-16(2)10-6-9-14(16)18-13-8-5-4-7-12(13)15-19-17-11-20(15)3/h4-5,7-8,11,14,18H,6,9-10H2,1-3H3. The van der Waals surface area contributed by atoms with Gasteiger partial charge in [0.05, 0.1) is 0 Å². The van der Waals surface area contributed by atoms with E-state index in [1.165, 1.54) is 19.3 Å². The summed E-state index contributed by atoms with van der Waals surface area (Å²) in [6, 6.07) is 8.89. The third kappa shape index (κ3) is 2.30. The number of anilines is 1. The minimum atomic E-state index is 0.354. The number of benzene rings is 1. The molecule has 20 heavy (non-hydrogen) atoms. The van der Waals surface area contributed by atoms with E-state index in [4.69, 9.17) is 0 Å². The molecule has 1 aliphatic rings. The van der Waals surface area contributed by atoms with Crippen molar-refractivity contribution in [3.05, 3.63) is 30.6 Å². The van der Waals surface area contributed by atoms with Gasteiger partial charge >= 0.3 is 0 Å². The van der Waals surface area contributed by atoms with E-state index in [0.717, 1.165) is 17.1 Å². The van der Waals surface area contributed by atoms with Crippen LogP contribution in [0.25, 0.3) is 11.4 Å². The van der Waals surface area contributed by atoms with Crippen molar-refractivity contribution in [3.63, 3.8) is 0 Å². The van der Waals surface area contributed by atoms with Gasteiger partial charge in [-0.3, -0.25) is 0 Å². The van der Waals surface area contributed by atoms with Crippen LogP contribution in [0.3, 0.4) is 0 Å². The van der Waals surface area contributed by atoms with Crippen LogP contribution in [0, 0.1) is 5.41 Å². The maximum Gasteiger partial charge on any atom is 0.165 e. The van der Waals surface area contributed by atoms with E-state index in [2.05, 4.69) is 53.6 Å². The number of nitrogens with one attached hydrogen (secondary N) is 1. The molecule has 3 rings (SSSR count). The Morgan fingerprint density at radius 3 is 2.75 bits per heavy atom. The summed E-state index contributed by atoms with van der Waals surface area (Å²) in [6.45, 7) is 4.70. The van der Waals surface area contributed by atoms with Gasteiger partial charge in [0, 0.05) is 24.3 Å². The van der Waals surface area contributed by atoms with E-state index >= 15 is 0 Å².